The third-order valence-corrected chi connectivity index (χ3v) is 6.56. The third kappa shape index (κ3) is 4.40. The summed E-state index contributed by atoms with van der Waals surface area (Å²) in [4.78, 5) is 0. The van der Waals surface area contributed by atoms with Gasteiger partial charge in [-0.3, -0.25) is 0 Å². The second-order valence-electron chi connectivity index (χ2n) is 8.81. The fraction of sp³-hybridized carbons (Fsp3) is 0.310. The van der Waals surface area contributed by atoms with Crippen LogP contribution < -0.4 is 0 Å². The largest absolute Gasteiger partial charge is 0.239 e. The number of rotatable bonds is 8. The molecule has 0 N–H and O–H groups in total. The summed E-state index contributed by atoms with van der Waals surface area (Å²) in [7, 11) is 0. The van der Waals surface area contributed by atoms with E-state index in [1.165, 1.54) is 18.2 Å². The smallest absolute Gasteiger partial charge is 0.164 e. The Morgan fingerprint density at radius 3 is 1.82 bits per heavy atom. The van der Waals surface area contributed by atoms with Crippen molar-refractivity contribution in [1.29, 1.82) is 0 Å². The molecule has 0 nitrogen and oxygen atoms in total. The van der Waals surface area contributed by atoms with Crippen molar-refractivity contribution in [3.63, 3.8) is 0 Å². The van der Waals surface area contributed by atoms with Crippen LogP contribution in [0, 0.1) is 17.5 Å². The molecule has 3 aromatic rings. The van der Waals surface area contributed by atoms with Gasteiger partial charge in [0.15, 0.2) is 12.3 Å². The SMILES string of the molecule is C=CCCc1ccc(CCc2ccc3c(c2F)C(F)C(F)c2c-3ccc(CCC)c2F)cc1F. The molecule has 178 valence electrons. The lowest BCUT2D eigenvalue weighted by Crippen LogP contribution is -2.17. The Balaban J connectivity index is 1.63. The van der Waals surface area contributed by atoms with Crippen LogP contribution in [-0.4, -0.2) is 0 Å². The van der Waals surface area contributed by atoms with Crippen LogP contribution in [0.2, 0.25) is 0 Å². The Hall–Kier alpha value is -2.95. The summed E-state index contributed by atoms with van der Waals surface area (Å²) < 4.78 is 74.8. The molecule has 0 spiro atoms. The average Bonchev–Trinajstić information content (AvgIpc) is 2.82. The van der Waals surface area contributed by atoms with Crippen LogP contribution in [0.5, 0.6) is 0 Å². The van der Waals surface area contributed by atoms with Crippen LogP contribution in [0.1, 0.15) is 65.5 Å². The molecule has 3 aromatic carbocycles. The van der Waals surface area contributed by atoms with E-state index in [0.717, 1.165) is 0 Å². The number of fused-ring (bicyclic) bond motifs is 3. The van der Waals surface area contributed by atoms with E-state index in [1.807, 2.05) is 6.92 Å². The summed E-state index contributed by atoms with van der Waals surface area (Å²) in [6.07, 6.45) is 0.00432. The van der Waals surface area contributed by atoms with E-state index < -0.39 is 24.0 Å². The van der Waals surface area contributed by atoms with E-state index in [4.69, 9.17) is 0 Å². The van der Waals surface area contributed by atoms with Gasteiger partial charge in [-0.05, 0) is 71.6 Å². The van der Waals surface area contributed by atoms with E-state index in [-0.39, 0.29) is 40.1 Å². The van der Waals surface area contributed by atoms with Gasteiger partial charge < -0.3 is 0 Å². The molecule has 0 saturated carbocycles. The first kappa shape index (κ1) is 24.2. The third-order valence-electron chi connectivity index (χ3n) is 6.56. The summed E-state index contributed by atoms with van der Waals surface area (Å²) in [5.41, 5.74) is 1.50. The van der Waals surface area contributed by atoms with Gasteiger partial charge in [-0.1, -0.05) is 55.8 Å². The molecule has 0 aromatic heterocycles. The molecular formula is C29H27F5. The Kier molecular flexibility index (Phi) is 7.20. The summed E-state index contributed by atoms with van der Waals surface area (Å²) in [5, 5.41) is 0. The van der Waals surface area contributed by atoms with Gasteiger partial charge in [0.05, 0.1) is 0 Å². The molecule has 0 saturated heterocycles. The van der Waals surface area contributed by atoms with Crippen molar-refractivity contribution in [3.8, 4) is 11.1 Å². The lowest BCUT2D eigenvalue weighted by Gasteiger charge is -2.28. The number of benzene rings is 3. The summed E-state index contributed by atoms with van der Waals surface area (Å²) >= 11 is 0. The van der Waals surface area contributed by atoms with Crippen molar-refractivity contribution in [2.75, 3.05) is 0 Å². The van der Waals surface area contributed by atoms with E-state index in [9.17, 15) is 8.78 Å². The quantitative estimate of drug-likeness (QED) is 0.228. The first-order valence-electron chi connectivity index (χ1n) is 11.7. The summed E-state index contributed by atoms with van der Waals surface area (Å²) in [6.45, 7) is 5.51. The number of hydrogen-bond acceptors (Lipinski definition) is 0. The standard InChI is InChI=1S/C29H27F5/c1-3-5-7-18-10-8-17(16-23(18)30)9-11-20-13-15-22-21-14-12-19(6-4-2)26(31)24(21)28(33)29(34)25(22)27(20)32/h3,8,10,12-16,28-29H,1,4-7,9,11H2,2H3. The van der Waals surface area contributed by atoms with Gasteiger partial charge in [0.25, 0.3) is 0 Å². The molecule has 0 radical (unpaired) electrons. The van der Waals surface area contributed by atoms with Crippen molar-refractivity contribution < 1.29 is 22.0 Å². The number of hydrogen-bond donors (Lipinski definition) is 0. The molecule has 4 rings (SSSR count). The predicted octanol–water partition coefficient (Wildman–Crippen LogP) is 8.66. The monoisotopic (exact) mass is 470 g/mol. The molecule has 5 heteroatoms. The maximum absolute atomic E-state index is 15.4. The molecule has 0 bridgehead atoms. The van der Waals surface area contributed by atoms with Crippen molar-refractivity contribution in [2.24, 2.45) is 0 Å². The molecule has 0 fully saturated rings. The number of allylic oxidation sites excluding steroid dienone is 1. The fourth-order valence-electron chi connectivity index (χ4n) is 4.72. The van der Waals surface area contributed by atoms with Gasteiger partial charge in [0, 0.05) is 11.1 Å². The number of alkyl halides is 2. The highest BCUT2D eigenvalue weighted by atomic mass is 19.2. The van der Waals surface area contributed by atoms with Crippen molar-refractivity contribution >= 4 is 0 Å². The molecule has 2 atom stereocenters. The Morgan fingerprint density at radius 2 is 1.29 bits per heavy atom. The van der Waals surface area contributed by atoms with Crippen LogP contribution in [0.3, 0.4) is 0 Å². The molecular weight excluding hydrogens is 443 g/mol. The van der Waals surface area contributed by atoms with E-state index in [2.05, 4.69) is 6.58 Å². The Morgan fingerprint density at radius 1 is 0.735 bits per heavy atom. The zero-order valence-electron chi connectivity index (χ0n) is 19.1. The van der Waals surface area contributed by atoms with E-state index >= 15 is 13.2 Å². The zero-order valence-corrected chi connectivity index (χ0v) is 19.1. The van der Waals surface area contributed by atoms with Gasteiger partial charge in [-0.2, -0.15) is 0 Å². The van der Waals surface area contributed by atoms with Crippen LogP contribution >= 0.6 is 0 Å². The molecule has 0 amide bonds. The lowest BCUT2D eigenvalue weighted by molar-refractivity contribution is 0.160. The normalized spacial score (nSPS) is 16.8. The van der Waals surface area contributed by atoms with Gasteiger partial charge in [0.1, 0.15) is 17.5 Å². The minimum Gasteiger partial charge on any atom is -0.239 e. The highest BCUT2D eigenvalue weighted by molar-refractivity contribution is 5.76. The van der Waals surface area contributed by atoms with Crippen LogP contribution in [0.25, 0.3) is 11.1 Å². The fourth-order valence-corrected chi connectivity index (χ4v) is 4.72. The van der Waals surface area contributed by atoms with Crippen molar-refractivity contribution in [1.82, 2.24) is 0 Å². The maximum atomic E-state index is 15.4. The average molecular weight is 471 g/mol. The van der Waals surface area contributed by atoms with E-state index in [1.54, 1.807) is 30.3 Å². The Labute approximate surface area is 197 Å². The minimum absolute atomic E-state index is 0.178. The molecule has 1 aliphatic carbocycles. The van der Waals surface area contributed by atoms with Crippen LogP contribution in [0.4, 0.5) is 22.0 Å². The van der Waals surface area contributed by atoms with Crippen molar-refractivity contribution in [3.05, 3.63) is 106 Å². The zero-order chi connectivity index (χ0) is 24.4. The van der Waals surface area contributed by atoms with Gasteiger partial charge in [0.2, 0.25) is 0 Å². The first-order valence-corrected chi connectivity index (χ1v) is 11.7. The molecule has 1 aliphatic rings. The molecule has 34 heavy (non-hydrogen) atoms. The van der Waals surface area contributed by atoms with Gasteiger partial charge >= 0.3 is 0 Å². The predicted molar refractivity (Wildman–Crippen MR) is 126 cm³/mol. The number of halogens is 5. The topological polar surface area (TPSA) is 0 Å². The number of aryl methyl sites for hydroxylation is 4. The maximum Gasteiger partial charge on any atom is 0.164 e. The van der Waals surface area contributed by atoms with Crippen molar-refractivity contribution in [2.45, 2.75) is 57.8 Å². The first-order chi connectivity index (χ1) is 16.4. The highest BCUT2D eigenvalue weighted by Crippen LogP contribution is 2.51. The Bertz CT molecular complexity index is 1210. The second kappa shape index (κ2) is 10.1. The lowest BCUT2D eigenvalue weighted by atomic mass is 9.80. The second-order valence-corrected chi connectivity index (χ2v) is 8.81. The van der Waals surface area contributed by atoms with E-state index in [0.29, 0.717) is 48.8 Å². The van der Waals surface area contributed by atoms with Crippen LogP contribution in [-0.2, 0) is 25.7 Å². The van der Waals surface area contributed by atoms with Gasteiger partial charge in [-0.25, -0.2) is 22.0 Å². The van der Waals surface area contributed by atoms with Crippen LogP contribution in [0.15, 0.2) is 55.1 Å². The molecule has 2 unspecified atom stereocenters. The molecule has 0 heterocycles. The minimum atomic E-state index is -2.30. The molecule has 0 aliphatic heterocycles. The highest BCUT2D eigenvalue weighted by Gasteiger charge is 2.39. The summed E-state index contributed by atoms with van der Waals surface area (Å²) in [5.74, 6) is -1.89. The summed E-state index contributed by atoms with van der Waals surface area (Å²) in [6, 6.07) is 11.1. The van der Waals surface area contributed by atoms with Gasteiger partial charge in [-0.15, -0.1) is 6.58 Å².